The molecular formula is C10H16F3NO3. The molecule has 1 saturated heterocycles. The monoisotopic (exact) mass is 255 g/mol. The number of carbonyl (C=O) groups is 1. The topological polar surface area (TPSA) is 60.8 Å². The van der Waals surface area contributed by atoms with E-state index in [-0.39, 0.29) is 12.5 Å². The molecule has 0 radical (unpaired) electrons. The molecule has 100 valence electrons. The molecule has 0 aliphatic carbocycles. The van der Waals surface area contributed by atoms with E-state index in [4.69, 9.17) is 10.2 Å². The normalized spacial score (nSPS) is 24.6. The van der Waals surface area contributed by atoms with Crippen molar-refractivity contribution in [2.24, 2.45) is 11.8 Å². The zero-order chi connectivity index (χ0) is 13.1. The first-order valence-electron chi connectivity index (χ1n) is 5.47. The van der Waals surface area contributed by atoms with Crippen molar-refractivity contribution in [3.63, 3.8) is 0 Å². The number of aliphatic carboxylic acids is 1. The maximum absolute atomic E-state index is 12.4. The van der Waals surface area contributed by atoms with Crippen LogP contribution in [0.4, 0.5) is 13.2 Å². The van der Waals surface area contributed by atoms with Gasteiger partial charge in [0.05, 0.1) is 0 Å². The third-order valence-corrected chi connectivity index (χ3v) is 3.00. The highest BCUT2D eigenvalue weighted by Crippen LogP contribution is 2.28. The predicted molar refractivity (Wildman–Crippen MR) is 53.4 cm³/mol. The summed E-state index contributed by atoms with van der Waals surface area (Å²) in [6, 6.07) is 0. The molecule has 0 aromatic heterocycles. The molecule has 0 saturated carbocycles. The van der Waals surface area contributed by atoms with Crippen LogP contribution in [0.5, 0.6) is 0 Å². The Balaban J connectivity index is 2.58. The number of nitrogens with zero attached hydrogens (tertiary/aromatic N) is 1. The number of alkyl halides is 3. The van der Waals surface area contributed by atoms with Crippen molar-refractivity contribution in [2.75, 3.05) is 26.2 Å². The molecule has 1 heterocycles. The van der Waals surface area contributed by atoms with Gasteiger partial charge in [0.1, 0.15) is 0 Å². The Kier molecular flexibility index (Phi) is 4.76. The number of aliphatic hydroxyl groups excluding tert-OH is 1. The van der Waals surface area contributed by atoms with Gasteiger partial charge in [0.15, 0.2) is 5.92 Å². The zero-order valence-corrected chi connectivity index (χ0v) is 9.28. The second-order valence-electron chi connectivity index (χ2n) is 4.38. The summed E-state index contributed by atoms with van der Waals surface area (Å²) in [5, 5.41) is 17.5. The lowest BCUT2D eigenvalue weighted by Crippen LogP contribution is -2.45. The molecule has 2 unspecified atom stereocenters. The van der Waals surface area contributed by atoms with Crippen molar-refractivity contribution < 1.29 is 28.2 Å². The summed E-state index contributed by atoms with van der Waals surface area (Å²) in [4.78, 5) is 12.0. The lowest BCUT2D eigenvalue weighted by Gasteiger charge is -2.33. The highest BCUT2D eigenvalue weighted by molar-refractivity contribution is 5.71. The number of carboxylic acids is 1. The molecule has 1 aliphatic heterocycles. The van der Waals surface area contributed by atoms with E-state index in [1.807, 2.05) is 0 Å². The number of aliphatic hydroxyl groups is 1. The number of carboxylic acid groups (broad SMARTS) is 1. The second kappa shape index (κ2) is 5.68. The minimum atomic E-state index is -4.72. The Morgan fingerprint density at radius 2 is 2.12 bits per heavy atom. The first-order chi connectivity index (χ1) is 7.84. The van der Waals surface area contributed by atoms with Crippen molar-refractivity contribution in [3.05, 3.63) is 0 Å². The van der Waals surface area contributed by atoms with E-state index in [9.17, 15) is 18.0 Å². The summed E-state index contributed by atoms with van der Waals surface area (Å²) < 4.78 is 37.3. The van der Waals surface area contributed by atoms with E-state index >= 15 is 0 Å². The molecule has 0 spiro atoms. The third-order valence-electron chi connectivity index (χ3n) is 3.00. The van der Waals surface area contributed by atoms with Gasteiger partial charge in [-0.1, -0.05) is 0 Å². The first-order valence-corrected chi connectivity index (χ1v) is 5.47. The molecule has 1 rings (SSSR count). The van der Waals surface area contributed by atoms with Gasteiger partial charge in [-0.2, -0.15) is 13.2 Å². The summed E-state index contributed by atoms with van der Waals surface area (Å²) in [5.41, 5.74) is 0. The van der Waals surface area contributed by atoms with Gasteiger partial charge in [-0.15, -0.1) is 0 Å². The van der Waals surface area contributed by atoms with Crippen LogP contribution in [-0.2, 0) is 4.79 Å². The second-order valence-corrected chi connectivity index (χ2v) is 4.38. The fourth-order valence-electron chi connectivity index (χ4n) is 2.05. The highest BCUT2D eigenvalue weighted by atomic mass is 19.4. The number of rotatable bonds is 4. The van der Waals surface area contributed by atoms with Crippen LogP contribution in [-0.4, -0.2) is 53.5 Å². The molecule has 4 nitrogen and oxygen atoms in total. The van der Waals surface area contributed by atoms with Gasteiger partial charge < -0.3 is 15.1 Å². The number of hydrogen-bond donors (Lipinski definition) is 2. The molecule has 7 heteroatoms. The first kappa shape index (κ1) is 14.2. The van der Waals surface area contributed by atoms with E-state index in [0.717, 1.165) is 6.42 Å². The third kappa shape index (κ3) is 4.16. The van der Waals surface area contributed by atoms with Crippen LogP contribution in [0.1, 0.15) is 12.8 Å². The van der Waals surface area contributed by atoms with Crippen LogP contribution in [0.3, 0.4) is 0 Å². The Hall–Kier alpha value is -0.820. The Morgan fingerprint density at radius 3 is 2.59 bits per heavy atom. The van der Waals surface area contributed by atoms with E-state index in [1.54, 1.807) is 0 Å². The van der Waals surface area contributed by atoms with Gasteiger partial charge in [0, 0.05) is 19.7 Å². The molecule has 0 bridgehead atoms. The van der Waals surface area contributed by atoms with Crippen LogP contribution < -0.4 is 0 Å². The molecule has 0 amide bonds. The lowest BCUT2D eigenvalue weighted by molar-refractivity contribution is -0.197. The van der Waals surface area contributed by atoms with E-state index in [0.29, 0.717) is 19.5 Å². The average molecular weight is 255 g/mol. The van der Waals surface area contributed by atoms with Crippen LogP contribution in [0.2, 0.25) is 0 Å². The van der Waals surface area contributed by atoms with Gasteiger partial charge in [0.25, 0.3) is 0 Å². The van der Waals surface area contributed by atoms with Crippen molar-refractivity contribution in [3.8, 4) is 0 Å². The quantitative estimate of drug-likeness (QED) is 0.785. The molecule has 2 N–H and O–H groups in total. The van der Waals surface area contributed by atoms with Crippen LogP contribution in [0.25, 0.3) is 0 Å². The largest absolute Gasteiger partial charge is 0.481 e. The van der Waals surface area contributed by atoms with Crippen LogP contribution >= 0.6 is 0 Å². The molecular weight excluding hydrogens is 239 g/mol. The summed E-state index contributed by atoms with van der Waals surface area (Å²) in [6.07, 6.45) is -3.26. The molecule has 1 fully saturated rings. The van der Waals surface area contributed by atoms with Crippen molar-refractivity contribution in [1.29, 1.82) is 0 Å². The lowest BCUT2D eigenvalue weighted by atomic mass is 9.97. The van der Waals surface area contributed by atoms with E-state index < -0.39 is 24.6 Å². The number of likely N-dealkylation sites (tertiary alicyclic amines) is 1. The van der Waals surface area contributed by atoms with E-state index in [2.05, 4.69) is 0 Å². The number of halogens is 3. The summed E-state index contributed by atoms with van der Waals surface area (Å²) in [5.74, 6) is -4.24. The van der Waals surface area contributed by atoms with Crippen molar-refractivity contribution in [1.82, 2.24) is 4.90 Å². The Morgan fingerprint density at radius 1 is 1.47 bits per heavy atom. The number of piperidine rings is 1. The maximum atomic E-state index is 12.4. The fraction of sp³-hybridized carbons (Fsp3) is 0.900. The molecule has 0 aromatic carbocycles. The van der Waals surface area contributed by atoms with Gasteiger partial charge in [-0.25, -0.2) is 0 Å². The van der Waals surface area contributed by atoms with Crippen molar-refractivity contribution in [2.45, 2.75) is 19.0 Å². The molecule has 1 aliphatic rings. The molecule has 0 aromatic rings. The SMILES string of the molecule is O=C(O)C(CN1CCCC(CO)C1)C(F)(F)F. The van der Waals surface area contributed by atoms with Crippen LogP contribution in [0, 0.1) is 11.8 Å². The minimum Gasteiger partial charge on any atom is -0.481 e. The van der Waals surface area contributed by atoms with Gasteiger partial charge in [-0.3, -0.25) is 4.79 Å². The summed E-state index contributed by atoms with van der Waals surface area (Å²) >= 11 is 0. The van der Waals surface area contributed by atoms with Gasteiger partial charge in [-0.05, 0) is 25.3 Å². The fourth-order valence-corrected chi connectivity index (χ4v) is 2.05. The van der Waals surface area contributed by atoms with Gasteiger partial charge >= 0.3 is 12.1 Å². The maximum Gasteiger partial charge on any atom is 0.403 e. The van der Waals surface area contributed by atoms with Crippen molar-refractivity contribution >= 4 is 5.97 Å². The number of hydrogen-bond acceptors (Lipinski definition) is 3. The summed E-state index contributed by atoms with van der Waals surface area (Å²) in [7, 11) is 0. The molecule has 2 atom stereocenters. The Labute approximate surface area is 97.0 Å². The van der Waals surface area contributed by atoms with E-state index in [1.165, 1.54) is 4.90 Å². The zero-order valence-electron chi connectivity index (χ0n) is 9.28. The minimum absolute atomic E-state index is 0.0496. The Bertz CT molecular complexity index is 270. The van der Waals surface area contributed by atoms with Gasteiger partial charge in [0.2, 0.25) is 0 Å². The predicted octanol–water partition coefficient (Wildman–Crippen LogP) is 0.954. The standard InChI is InChI=1S/C10H16F3NO3/c11-10(12,13)8(9(16)17)5-14-3-1-2-7(4-14)6-15/h7-8,15H,1-6H2,(H,16,17). The van der Waals surface area contributed by atoms with Crippen LogP contribution in [0.15, 0.2) is 0 Å². The smallest absolute Gasteiger partial charge is 0.403 e. The average Bonchev–Trinajstić information content (AvgIpc) is 2.24. The highest BCUT2D eigenvalue weighted by Gasteiger charge is 2.46. The summed E-state index contributed by atoms with van der Waals surface area (Å²) in [6.45, 7) is 0.183. The molecule has 17 heavy (non-hydrogen) atoms.